The predicted octanol–water partition coefficient (Wildman–Crippen LogP) is 8.71. The maximum Gasteiger partial charge on any atom is 0.166 e. The number of benzene rings is 2. The molecule has 0 unspecified atom stereocenters. The van der Waals surface area contributed by atoms with Crippen molar-refractivity contribution in [1.82, 2.24) is 29.9 Å². The van der Waals surface area contributed by atoms with Gasteiger partial charge in [-0.1, -0.05) is 96.3 Å². The zero-order chi connectivity index (χ0) is 26.3. The van der Waals surface area contributed by atoms with E-state index < -0.39 is 0 Å². The van der Waals surface area contributed by atoms with Gasteiger partial charge in [-0.3, -0.25) is 9.97 Å². The van der Waals surface area contributed by atoms with Crippen LogP contribution in [0.3, 0.4) is 0 Å². The van der Waals surface area contributed by atoms with Crippen molar-refractivity contribution in [2.24, 2.45) is 0 Å². The number of halogens is 2. The molecule has 0 saturated heterocycles. The van der Waals surface area contributed by atoms with E-state index in [9.17, 15) is 0 Å². The minimum Gasteiger partial charge on any atom is -0.332 e. The molecule has 41 heavy (non-hydrogen) atoms. The number of thioether (sulfide) groups is 2. The van der Waals surface area contributed by atoms with Crippen molar-refractivity contribution in [3.05, 3.63) is 109 Å². The summed E-state index contributed by atoms with van der Waals surface area (Å²) in [5.41, 5.74) is 7.69. The molecular weight excluding hydrogens is 591 g/mol. The van der Waals surface area contributed by atoms with Gasteiger partial charge in [-0.2, -0.15) is 0 Å². The molecule has 10 heteroatoms. The number of H-pyrrole nitrogens is 2. The van der Waals surface area contributed by atoms with Crippen LogP contribution in [0.5, 0.6) is 0 Å². The second-order valence-corrected chi connectivity index (χ2v) is 10.9. The SMILES string of the molecule is Cl.Cl.c1ccc(-c2nc(SCCCSc3nc(-c4ccccn4)c(-c4ccccn4)[nH]3)[nH]c2-c2ccccc2)cc1. The minimum absolute atomic E-state index is 0. The van der Waals surface area contributed by atoms with E-state index in [1.54, 1.807) is 35.9 Å². The fourth-order valence-corrected chi connectivity index (χ4v) is 6.05. The average Bonchev–Trinajstić information content (AvgIpc) is 3.64. The van der Waals surface area contributed by atoms with Crippen LogP contribution in [0.1, 0.15) is 6.42 Å². The first kappa shape index (κ1) is 30.4. The summed E-state index contributed by atoms with van der Waals surface area (Å²) in [5.74, 6) is 1.88. The normalized spacial score (nSPS) is 10.5. The number of nitrogens with zero attached hydrogens (tertiary/aromatic N) is 4. The number of aromatic amines is 2. The highest BCUT2D eigenvalue weighted by molar-refractivity contribution is 8.00. The second-order valence-electron chi connectivity index (χ2n) is 8.74. The largest absolute Gasteiger partial charge is 0.332 e. The van der Waals surface area contributed by atoms with Crippen LogP contribution in [0.15, 0.2) is 120 Å². The fraction of sp³-hybridized carbons (Fsp3) is 0.0968. The van der Waals surface area contributed by atoms with E-state index in [0.717, 1.165) is 73.5 Å². The van der Waals surface area contributed by atoms with Crippen LogP contribution < -0.4 is 0 Å². The minimum atomic E-state index is 0. The summed E-state index contributed by atoms with van der Waals surface area (Å²) in [6.07, 6.45) is 4.59. The molecule has 0 aliphatic heterocycles. The Kier molecular flexibility index (Phi) is 11.0. The number of aromatic nitrogens is 6. The van der Waals surface area contributed by atoms with Gasteiger partial charge in [0.05, 0.1) is 28.5 Å². The van der Waals surface area contributed by atoms with Crippen LogP contribution in [0.25, 0.3) is 45.3 Å². The van der Waals surface area contributed by atoms with Gasteiger partial charge in [0.2, 0.25) is 0 Å². The number of nitrogens with one attached hydrogen (secondary N) is 2. The quantitative estimate of drug-likeness (QED) is 0.118. The Morgan fingerprint density at radius 1 is 0.512 bits per heavy atom. The van der Waals surface area contributed by atoms with Gasteiger partial charge in [-0.05, 0) is 30.7 Å². The Balaban J connectivity index is 0.00000194. The lowest BCUT2D eigenvalue weighted by Gasteiger charge is -2.02. The molecule has 0 aliphatic carbocycles. The molecule has 0 amide bonds. The summed E-state index contributed by atoms with van der Waals surface area (Å²) in [5, 5.41) is 1.81. The van der Waals surface area contributed by atoms with Crippen molar-refractivity contribution in [2.75, 3.05) is 11.5 Å². The first-order valence-electron chi connectivity index (χ1n) is 12.7. The second kappa shape index (κ2) is 14.9. The molecule has 6 rings (SSSR count). The zero-order valence-corrected chi connectivity index (χ0v) is 25.2. The van der Waals surface area contributed by atoms with Crippen molar-refractivity contribution in [2.45, 2.75) is 16.7 Å². The maximum atomic E-state index is 4.96. The molecule has 4 aromatic heterocycles. The summed E-state index contributed by atoms with van der Waals surface area (Å²) in [4.78, 5) is 25.9. The number of pyridine rings is 2. The Labute approximate surface area is 260 Å². The highest BCUT2D eigenvalue weighted by atomic mass is 35.5. The molecule has 0 aliphatic rings. The standard InChI is InChI=1S/C31H26N6S2.2ClH/c1-3-12-22(13-4-1)26-27(23-14-5-2-6-15-23)35-30(34-26)38-20-11-21-39-31-36-28(24-16-7-9-18-32-24)29(37-31)25-17-8-10-19-33-25;;/h1-10,12-19H,11,20-21H2,(H,34,35)(H,36,37);2*1H. The van der Waals surface area contributed by atoms with Gasteiger partial charge < -0.3 is 9.97 Å². The smallest absolute Gasteiger partial charge is 0.166 e. The molecule has 0 bridgehead atoms. The number of hydrogen-bond acceptors (Lipinski definition) is 6. The van der Waals surface area contributed by atoms with Crippen molar-refractivity contribution < 1.29 is 0 Å². The summed E-state index contributed by atoms with van der Waals surface area (Å²) in [6, 6.07) is 32.5. The lowest BCUT2D eigenvalue weighted by Crippen LogP contribution is -1.88. The van der Waals surface area contributed by atoms with Gasteiger partial charge in [0, 0.05) is 35.0 Å². The predicted molar refractivity (Wildman–Crippen MR) is 175 cm³/mol. The van der Waals surface area contributed by atoms with Gasteiger partial charge in [-0.15, -0.1) is 24.8 Å². The van der Waals surface area contributed by atoms with E-state index >= 15 is 0 Å². The van der Waals surface area contributed by atoms with Crippen molar-refractivity contribution in [3.8, 4) is 45.3 Å². The summed E-state index contributed by atoms with van der Waals surface area (Å²) in [6.45, 7) is 0. The third-order valence-electron chi connectivity index (χ3n) is 6.07. The first-order chi connectivity index (χ1) is 19.3. The van der Waals surface area contributed by atoms with E-state index in [-0.39, 0.29) is 24.8 Å². The van der Waals surface area contributed by atoms with E-state index in [0.29, 0.717) is 0 Å². The van der Waals surface area contributed by atoms with Crippen LogP contribution in [0.2, 0.25) is 0 Å². The molecular formula is C31H28Cl2N6S2. The molecule has 0 atom stereocenters. The summed E-state index contributed by atoms with van der Waals surface area (Å²) >= 11 is 3.47. The third-order valence-corrected chi connectivity index (χ3v) is 7.99. The Hall–Kier alpha value is -3.56. The van der Waals surface area contributed by atoms with Crippen LogP contribution in [0.4, 0.5) is 0 Å². The molecule has 0 fully saturated rings. The van der Waals surface area contributed by atoms with E-state index in [2.05, 4.69) is 68.5 Å². The Bertz CT molecular complexity index is 1390. The highest BCUT2D eigenvalue weighted by Gasteiger charge is 2.17. The molecule has 0 radical (unpaired) electrons. The molecule has 208 valence electrons. The van der Waals surface area contributed by atoms with Gasteiger partial charge in [0.1, 0.15) is 5.69 Å². The average molecular weight is 620 g/mol. The lowest BCUT2D eigenvalue weighted by molar-refractivity contribution is 1.03. The highest BCUT2D eigenvalue weighted by Crippen LogP contribution is 2.34. The van der Waals surface area contributed by atoms with E-state index in [1.807, 2.05) is 48.5 Å². The van der Waals surface area contributed by atoms with Crippen molar-refractivity contribution in [1.29, 1.82) is 0 Å². The van der Waals surface area contributed by atoms with Crippen LogP contribution in [-0.4, -0.2) is 41.4 Å². The molecule has 6 nitrogen and oxygen atoms in total. The molecule has 2 aromatic carbocycles. The molecule has 0 spiro atoms. The maximum absolute atomic E-state index is 4.96. The summed E-state index contributed by atoms with van der Waals surface area (Å²) in [7, 11) is 0. The van der Waals surface area contributed by atoms with Crippen LogP contribution in [0, 0.1) is 0 Å². The lowest BCUT2D eigenvalue weighted by atomic mass is 10.1. The van der Waals surface area contributed by atoms with Crippen LogP contribution in [-0.2, 0) is 0 Å². The molecule has 2 N–H and O–H groups in total. The zero-order valence-electron chi connectivity index (χ0n) is 21.9. The van der Waals surface area contributed by atoms with Gasteiger partial charge >= 0.3 is 0 Å². The van der Waals surface area contributed by atoms with E-state index in [4.69, 9.17) is 9.97 Å². The topological polar surface area (TPSA) is 83.1 Å². The van der Waals surface area contributed by atoms with Gasteiger partial charge in [0.15, 0.2) is 10.3 Å². The first-order valence-corrected chi connectivity index (χ1v) is 14.7. The number of hydrogen-bond donors (Lipinski definition) is 2. The van der Waals surface area contributed by atoms with Crippen LogP contribution >= 0.6 is 48.3 Å². The summed E-state index contributed by atoms with van der Waals surface area (Å²) < 4.78 is 0. The molecule has 0 saturated carbocycles. The Morgan fingerprint density at radius 3 is 1.61 bits per heavy atom. The number of imidazole rings is 2. The van der Waals surface area contributed by atoms with Gasteiger partial charge in [-0.25, -0.2) is 9.97 Å². The Morgan fingerprint density at radius 2 is 1.02 bits per heavy atom. The fourth-order valence-electron chi connectivity index (χ4n) is 4.24. The molecule has 6 aromatic rings. The van der Waals surface area contributed by atoms with E-state index in [1.165, 1.54) is 0 Å². The third kappa shape index (κ3) is 7.40. The van der Waals surface area contributed by atoms with Crippen molar-refractivity contribution in [3.63, 3.8) is 0 Å². The van der Waals surface area contributed by atoms with Gasteiger partial charge in [0.25, 0.3) is 0 Å². The monoisotopic (exact) mass is 618 g/mol. The molecule has 4 heterocycles. The number of rotatable bonds is 10. The van der Waals surface area contributed by atoms with Crippen molar-refractivity contribution >= 4 is 48.3 Å².